The van der Waals surface area contributed by atoms with E-state index in [0.717, 1.165) is 5.56 Å². The molecule has 1 unspecified atom stereocenters. The third kappa shape index (κ3) is 2.70. The molecule has 1 aromatic heterocycles. The van der Waals surface area contributed by atoms with Crippen molar-refractivity contribution in [3.05, 3.63) is 17.0 Å². The van der Waals surface area contributed by atoms with Crippen LogP contribution in [0, 0.1) is 5.21 Å². The summed E-state index contributed by atoms with van der Waals surface area (Å²) in [7, 11) is 0. The Kier molecular flexibility index (Phi) is 3.25. The number of hydrogen-bond acceptors (Lipinski definition) is 6. The van der Waals surface area contributed by atoms with E-state index in [0.29, 0.717) is 25.0 Å². The van der Waals surface area contributed by atoms with Gasteiger partial charge in [-0.15, -0.1) is 0 Å². The van der Waals surface area contributed by atoms with Gasteiger partial charge in [0.15, 0.2) is 0 Å². The van der Waals surface area contributed by atoms with E-state index in [1.807, 2.05) is 13.8 Å². The van der Waals surface area contributed by atoms with E-state index in [1.54, 1.807) is 6.20 Å². The maximum absolute atomic E-state index is 11.6. The van der Waals surface area contributed by atoms with E-state index in [9.17, 15) is 5.21 Å². The summed E-state index contributed by atoms with van der Waals surface area (Å²) in [6.07, 6.45) is 1.64. The Hall–Kier alpha value is -1.28. The van der Waals surface area contributed by atoms with Crippen molar-refractivity contribution >= 4 is 11.8 Å². The predicted octanol–water partition coefficient (Wildman–Crippen LogP) is -1.27. The zero-order valence-corrected chi connectivity index (χ0v) is 9.95. The molecular formula is C10H17N5O2. The summed E-state index contributed by atoms with van der Waals surface area (Å²) in [5.41, 5.74) is 0.304. The first-order valence-electron chi connectivity index (χ1n) is 5.51. The molecule has 0 saturated carbocycles. The lowest BCUT2D eigenvalue weighted by Crippen LogP contribution is -3.05. The molecule has 0 aromatic carbocycles. The van der Waals surface area contributed by atoms with Crippen LogP contribution >= 0.6 is 0 Å². The average molecular weight is 239 g/mol. The Morgan fingerprint density at radius 1 is 1.65 bits per heavy atom. The van der Waals surface area contributed by atoms with Crippen LogP contribution in [0.15, 0.2) is 6.20 Å². The molecule has 1 atom stereocenters. The van der Waals surface area contributed by atoms with Gasteiger partial charge in [0.2, 0.25) is 11.8 Å². The fraction of sp³-hybridized carbons (Fsp3) is 0.600. The van der Waals surface area contributed by atoms with E-state index in [1.165, 1.54) is 0 Å². The highest BCUT2D eigenvalue weighted by atomic mass is 16.5. The van der Waals surface area contributed by atoms with Crippen LogP contribution in [-0.4, -0.2) is 33.9 Å². The summed E-state index contributed by atoms with van der Waals surface area (Å²) in [5.74, 6) is 0.841. The standard InChI is InChI=1S/C10H17N5O2/c1-10(2,5-16)14-9-12-4-7-3-11-6-15(17)8(7)13-9/h4,11,15-16H,3,5-6H2,1-2H3,(H,12,13,14). The lowest BCUT2D eigenvalue weighted by atomic mass is 10.1. The fourth-order valence-corrected chi connectivity index (χ4v) is 1.57. The van der Waals surface area contributed by atoms with Crippen molar-refractivity contribution in [2.75, 3.05) is 18.6 Å². The SMILES string of the molecule is CC(C)(CO)Nc1ncc2c(n1)[NH+]([O-])CNC2. The Morgan fingerprint density at radius 2 is 2.41 bits per heavy atom. The van der Waals surface area contributed by atoms with Crippen molar-refractivity contribution in [2.45, 2.75) is 25.9 Å². The van der Waals surface area contributed by atoms with Gasteiger partial charge in [0, 0.05) is 12.7 Å². The lowest BCUT2D eigenvalue weighted by Gasteiger charge is -2.29. The van der Waals surface area contributed by atoms with Gasteiger partial charge in [-0.05, 0) is 13.8 Å². The number of hydroxylamine groups is 1. The third-order valence-corrected chi connectivity index (χ3v) is 2.58. The Balaban J connectivity index is 2.24. The molecule has 17 heavy (non-hydrogen) atoms. The van der Waals surface area contributed by atoms with Crippen molar-refractivity contribution in [3.63, 3.8) is 0 Å². The minimum Gasteiger partial charge on any atom is -0.627 e. The number of nitrogens with zero attached hydrogens (tertiary/aromatic N) is 2. The molecule has 1 aliphatic heterocycles. The van der Waals surface area contributed by atoms with Crippen molar-refractivity contribution in [1.82, 2.24) is 15.3 Å². The molecule has 0 aliphatic carbocycles. The van der Waals surface area contributed by atoms with Gasteiger partial charge in [0.05, 0.1) is 17.7 Å². The molecule has 2 heterocycles. The van der Waals surface area contributed by atoms with E-state index >= 15 is 0 Å². The quantitative estimate of drug-likeness (QED) is 0.491. The maximum atomic E-state index is 11.6. The second kappa shape index (κ2) is 4.53. The molecule has 1 aromatic rings. The molecule has 4 N–H and O–H groups in total. The van der Waals surface area contributed by atoms with Crippen LogP contribution in [0.2, 0.25) is 0 Å². The largest absolute Gasteiger partial charge is 0.627 e. The van der Waals surface area contributed by atoms with E-state index in [4.69, 9.17) is 5.11 Å². The van der Waals surface area contributed by atoms with Crippen LogP contribution < -0.4 is 15.7 Å². The zero-order chi connectivity index (χ0) is 12.5. The first-order valence-corrected chi connectivity index (χ1v) is 5.51. The molecule has 0 saturated heterocycles. The van der Waals surface area contributed by atoms with Gasteiger partial charge in [-0.1, -0.05) is 0 Å². The van der Waals surface area contributed by atoms with Gasteiger partial charge in [0.1, 0.15) is 6.67 Å². The number of nitrogens with one attached hydrogen (secondary N) is 3. The predicted molar refractivity (Wildman–Crippen MR) is 62.5 cm³/mol. The van der Waals surface area contributed by atoms with Gasteiger partial charge in [-0.2, -0.15) is 4.98 Å². The van der Waals surface area contributed by atoms with Gasteiger partial charge in [-0.3, -0.25) is 5.32 Å². The number of quaternary nitrogens is 1. The zero-order valence-electron chi connectivity index (χ0n) is 9.95. The second-order valence-electron chi connectivity index (χ2n) is 4.76. The molecule has 0 bridgehead atoms. The van der Waals surface area contributed by atoms with Crippen molar-refractivity contribution in [1.29, 1.82) is 0 Å². The molecule has 1 aliphatic rings. The first-order chi connectivity index (χ1) is 8.02. The molecular weight excluding hydrogens is 222 g/mol. The molecule has 0 amide bonds. The second-order valence-corrected chi connectivity index (χ2v) is 4.76. The molecule has 0 spiro atoms. The minimum absolute atomic E-state index is 0.0292. The van der Waals surface area contributed by atoms with Crippen LogP contribution in [0.3, 0.4) is 0 Å². The van der Waals surface area contributed by atoms with E-state index in [-0.39, 0.29) is 11.7 Å². The smallest absolute Gasteiger partial charge is 0.236 e. The average Bonchev–Trinajstić information content (AvgIpc) is 2.30. The number of rotatable bonds is 3. The number of aliphatic hydroxyl groups is 1. The maximum Gasteiger partial charge on any atom is 0.236 e. The van der Waals surface area contributed by atoms with Crippen LogP contribution in [-0.2, 0) is 6.54 Å². The Bertz CT molecular complexity index is 410. The molecule has 2 rings (SSSR count). The van der Waals surface area contributed by atoms with Crippen molar-refractivity contribution in [2.24, 2.45) is 0 Å². The number of fused-ring (bicyclic) bond motifs is 1. The van der Waals surface area contributed by atoms with Crippen LogP contribution in [0.5, 0.6) is 0 Å². The molecule has 0 fully saturated rings. The fourth-order valence-electron chi connectivity index (χ4n) is 1.57. The van der Waals surface area contributed by atoms with Crippen molar-refractivity contribution < 1.29 is 10.2 Å². The highest BCUT2D eigenvalue weighted by Crippen LogP contribution is 2.15. The van der Waals surface area contributed by atoms with Gasteiger partial charge in [-0.25, -0.2) is 4.98 Å². The van der Waals surface area contributed by atoms with Crippen LogP contribution in [0.1, 0.15) is 19.4 Å². The van der Waals surface area contributed by atoms with Crippen LogP contribution in [0.25, 0.3) is 0 Å². The summed E-state index contributed by atoms with van der Waals surface area (Å²) in [6, 6.07) is 0. The summed E-state index contributed by atoms with van der Waals surface area (Å²) < 4.78 is 0. The molecule has 94 valence electrons. The topological polar surface area (TPSA) is 97.6 Å². The normalized spacial score (nSPS) is 19.9. The molecule has 7 heteroatoms. The molecule has 0 radical (unpaired) electrons. The monoisotopic (exact) mass is 239 g/mol. The summed E-state index contributed by atoms with van der Waals surface area (Å²) in [5, 5.41) is 26.7. The Labute approximate surface area is 99.5 Å². The minimum atomic E-state index is -0.510. The lowest BCUT2D eigenvalue weighted by molar-refractivity contribution is -0.786. The summed E-state index contributed by atoms with van der Waals surface area (Å²) in [6.45, 7) is 4.55. The van der Waals surface area contributed by atoms with Crippen molar-refractivity contribution in [3.8, 4) is 0 Å². The number of aromatic nitrogens is 2. The highest BCUT2D eigenvalue weighted by molar-refractivity contribution is 5.39. The third-order valence-electron chi connectivity index (χ3n) is 2.58. The van der Waals surface area contributed by atoms with Crippen LogP contribution in [0.4, 0.5) is 11.8 Å². The number of hydrogen-bond donors (Lipinski definition) is 4. The Morgan fingerprint density at radius 3 is 3.12 bits per heavy atom. The number of anilines is 1. The molecule has 7 nitrogen and oxygen atoms in total. The first kappa shape index (κ1) is 12.2. The highest BCUT2D eigenvalue weighted by Gasteiger charge is 2.21. The van der Waals surface area contributed by atoms with E-state index in [2.05, 4.69) is 20.6 Å². The van der Waals surface area contributed by atoms with E-state index < -0.39 is 5.54 Å². The number of aliphatic hydroxyl groups excluding tert-OH is 1. The summed E-state index contributed by atoms with van der Waals surface area (Å²) >= 11 is 0. The summed E-state index contributed by atoms with van der Waals surface area (Å²) in [4.78, 5) is 8.34. The van der Waals surface area contributed by atoms with Gasteiger partial charge in [0.25, 0.3) is 0 Å². The van der Waals surface area contributed by atoms with Gasteiger partial charge < -0.3 is 20.7 Å². The van der Waals surface area contributed by atoms with Gasteiger partial charge >= 0.3 is 0 Å².